The molecule has 1 aliphatic heterocycles. The van der Waals surface area contributed by atoms with Crippen LogP contribution in [0.4, 0.5) is 5.82 Å². The van der Waals surface area contributed by atoms with E-state index < -0.39 is 0 Å². The fourth-order valence-electron chi connectivity index (χ4n) is 4.78. The van der Waals surface area contributed by atoms with Gasteiger partial charge in [-0.15, -0.1) is 11.8 Å². The van der Waals surface area contributed by atoms with Crippen LogP contribution in [0.1, 0.15) is 60.4 Å². The Morgan fingerprint density at radius 3 is 2.64 bits per heavy atom. The number of hydrogen-bond donors (Lipinski definition) is 1. The number of hydrogen-bond acceptors (Lipinski definition) is 5. The molecule has 2 amide bonds. The van der Waals surface area contributed by atoms with Crippen LogP contribution in [0.3, 0.4) is 0 Å². The van der Waals surface area contributed by atoms with Crippen LogP contribution >= 0.6 is 23.4 Å². The third-order valence-corrected chi connectivity index (χ3v) is 8.39. The van der Waals surface area contributed by atoms with Crippen molar-refractivity contribution in [3.8, 4) is 5.69 Å². The number of thioether (sulfide) groups is 1. The van der Waals surface area contributed by atoms with E-state index in [4.69, 9.17) is 21.4 Å². The predicted octanol–water partition coefficient (Wildman–Crippen LogP) is 5.76. The number of aryl methyl sites for hydroxylation is 1. The number of carbonyl (C=O) groups is 2. The van der Waals surface area contributed by atoms with Gasteiger partial charge in [-0.05, 0) is 55.2 Å². The third kappa shape index (κ3) is 6.34. The Morgan fingerprint density at radius 2 is 1.95 bits per heavy atom. The summed E-state index contributed by atoms with van der Waals surface area (Å²) in [5.74, 6) is 0.507. The highest BCUT2D eigenvalue weighted by Gasteiger charge is 2.40. The van der Waals surface area contributed by atoms with Gasteiger partial charge in [-0.1, -0.05) is 56.6 Å². The number of fused-ring (bicyclic) bond motifs is 1. The van der Waals surface area contributed by atoms with E-state index in [0.29, 0.717) is 30.4 Å². The van der Waals surface area contributed by atoms with E-state index in [0.717, 1.165) is 33.6 Å². The van der Waals surface area contributed by atoms with Crippen molar-refractivity contribution >= 4 is 41.0 Å². The number of anilines is 1. The molecule has 7 nitrogen and oxygen atoms in total. The van der Waals surface area contributed by atoms with Gasteiger partial charge in [-0.2, -0.15) is 5.10 Å². The lowest BCUT2D eigenvalue weighted by Crippen LogP contribution is -2.42. The molecular weight excluding hydrogens is 532 g/mol. The highest BCUT2D eigenvalue weighted by Crippen LogP contribution is 2.48. The van der Waals surface area contributed by atoms with E-state index >= 15 is 0 Å². The molecular formula is C30H37ClN4O3S. The summed E-state index contributed by atoms with van der Waals surface area (Å²) in [6.45, 7) is 11.4. The topological polar surface area (TPSA) is 76.5 Å². The number of methoxy groups -OCH3 is 1. The fourth-order valence-corrected chi connectivity index (χ4v) is 6.17. The zero-order valence-corrected chi connectivity index (χ0v) is 25.1. The average Bonchev–Trinajstić information content (AvgIpc) is 3.21. The smallest absolute Gasteiger partial charge is 0.240 e. The number of carbonyl (C=O) groups excluding carboxylic acids is 2. The molecule has 39 heavy (non-hydrogen) atoms. The maximum absolute atomic E-state index is 13.8. The molecule has 1 N–H and O–H groups in total. The van der Waals surface area contributed by atoms with E-state index in [1.54, 1.807) is 23.8 Å². The second-order valence-corrected chi connectivity index (χ2v) is 12.4. The molecule has 0 aliphatic carbocycles. The number of nitrogens with one attached hydrogen (secondary N) is 1. The minimum absolute atomic E-state index is 0.0955. The van der Waals surface area contributed by atoms with E-state index in [-0.39, 0.29) is 34.8 Å². The minimum Gasteiger partial charge on any atom is -0.385 e. The average molecular weight is 569 g/mol. The van der Waals surface area contributed by atoms with Gasteiger partial charge in [0.25, 0.3) is 0 Å². The van der Waals surface area contributed by atoms with Crippen LogP contribution in [0.2, 0.25) is 5.02 Å². The minimum atomic E-state index is -0.327. The lowest BCUT2D eigenvalue weighted by atomic mass is 9.87. The Hall–Kier alpha value is -2.81. The van der Waals surface area contributed by atoms with Crippen molar-refractivity contribution in [3.63, 3.8) is 0 Å². The van der Waals surface area contributed by atoms with Crippen LogP contribution in [0, 0.1) is 13.8 Å². The summed E-state index contributed by atoms with van der Waals surface area (Å²) >= 11 is 7.98. The number of rotatable bonds is 8. The summed E-state index contributed by atoms with van der Waals surface area (Å²) in [4.78, 5) is 28.5. The highest BCUT2D eigenvalue weighted by atomic mass is 35.5. The Kier molecular flexibility index (Phi) is 9.09. The van der Waals surface area contributed by atoms with Gasteiger partial charge < -0.3 is 10.1 Å². The summed E-state index contributed by atoms with van der Waals surface area (Å²) in [5, 5.41) is 8.57. The summed E-state index contributed by atoms with van der Waals surface area (Å²) in [7, 11) is 1.63. The molecule has 4 rings (SSSR count). The first-order valence-electron chi connectivity index (χ1n) is 13.2. The van der Waals surface area contributed by atoms with E-state index in [9.17, 15) is 9.59 Å². The van der Waals surface area contributed by atoms with Crippen LogP contribution < -0.4 is 10.2 Å². The van der Waals surface area contributed by atoms with Crippen molar-refractivity contribution in [1.82, 2.24) is 15.1 Å². The zero-order valence-electron chi connectivity index (χ0n) is 23.5. The molecule has 2 aromatic carbocycles. The molecule has 0 saturated heterocycles. The zero-order chi connectivity index (χ0) is 28.3. The predicted molar refractivity (Wildman–Crippen MR) is 159 cm³/mol. The van der Waals surface area contributed by atoms with Crippen LogP contribution in [0.15, 0.2) is 42.5 Å². The summed E-state index contributed by atoms with van der Waals surface area (Å²) in [6, 6.07) is 13.8. The number of amides is 2. The molecule has 2 heterocycles. The number of aromatic nitrogens is 2. The lowest BCUT2D eigenvalue weighted by molar-refractivity contribution is -0.122. The first-order valence-corrected chi connectivity index (χ1v) is 14.6. The maximum atomic E-state index is 13.8. The monoisotopic (exact) mass is 568 g/mol. The maximum Gasteiger partial charge on any atom is 0.240 e. The fraction of sp³-hybridized carbons (Fsp3) is 0.433. The van der Waals surface area contributed by atoms with E-state index in [1.807, 2.05) is 41.1 Å². The SMILES string of the molecule is COCCCNC(=O)CN1C(=O)CSC(c2cccc(Cl)c2)c2c(C(C)(C)C)nn(-c3cccc(C)c3C)c21. The lowest BCUT2D eigenvalue weighted by Gasteiger charge is -2.25. The molecule has 1 aromatic heterocycles. The Labute approximate surface area is 240 Å². The van der Waals surface area contributed by atoms with Crippen molar-refractivity contribution in [2.75, 3.05) is 37.5 Å². The molecule has 9 heteroatoms. The number of halogens is 1. The first-order chi connectivity index (χ1) is 18.5. The van der Waals surface area contributed by atoms with Crippen LogP contribution in [-0.4, -0.2) is 54.2 Å². The molecule has 0 spiro atoms. The Bertz CT molecular complexity index is 1360. The second kappa shape index (κ2) is 12.1. The number of benzene rings is 2. The molecule has 1 aliphatic rings. The molecule has 208 valence electrons. The van der Waals surface area contributed by atoms with Gasteiger partial charge in [0.05, 0.1) is 22.4 Å². The van der Waals surface area contributed by atoms with Crippen LogP contribution in [0.25, 0.3) is 5.69 Å². The molecule has 0 radical (unpaired) electrons. The van der Waals surface area contributed by atoms with Gasteiger partial charge in [0.15, 0.2) is 0 Å². The molecule has 1 unspecified atom stereocenters. The molecule has 0 bridgehead atoms. The quantitative estimate of drug-likeness (QED) is 0.350. The van der Waals surface area contributed by atoms with Gasteiger partial charge in [-0.25, -0.2) is 4.68 Å². The van der Waals surface area contributed by atoms with Crippen molar-refractivity contribution in [2.24, 2.45) is 0 Å². The van der Waals surface area contributed by atoms with Gasteiger partial charge >= 0.3 is 0 Å². The Morgan fingerprint density at radius 1 is 1.21 bits per heavy atom. The van der Waals surface area contributed by atoms with Crippen molar-refractivity contribution in [3.05, 3.63) is 75.4 Å². The van der Waals surface area contributed by atoms with Crippen molar-refractivity contribution in [1.29, 1.82) is 0 Å². The molecule has 1 atom stereocenters. The summed E-state index contributed by atoms with van der Waals surface area (Å²) in [6.07, 6.45) is 0.697. The number of nitrogens with zero attached hydrogens (tertiary/aromatic N) is 3. The third-order valence-electron chi connectivity index (χ3n) is 6.90. The largest absolute Gasteiger partial charge is 0.385 e. The van der Waals surface area contributed by atoms with Gasteiger partial charge in [0.2, 0.25) is 11.8 Å². The van der Waals surface area contributed by atoms with Gasteiger partial charge in [-0.3, -0.25) is 14.5 Å². The summed E-state index contributed by atoms with van der Waals surface area (Å²) in [5.41, 5.74) is 5.57. The van der Waals surface area contributed by atoms with Crippen LogP contribution in [-0.2, 0) is 19.7 Å². The van der Waals surface area contributed by atoms with Crippen LogP contribution in [0.5, 0.6) is 0 Å². The molecule has 3 aromatic rings. The highest BCUT2D eigenvalue weighted by molar-refractivity contribution is 8.00. The summed E-state index contributed by atoms with van der Waals surface area (Å²) < 4.78 is 6.97. The normalized spacial score (nSPS) is 15.7. The first kappa shape index (κ1) is 29.2. The number of ether oxygens (including phenoxy) is 1. The van der Waals surface area contributed by atoms with E-state index in [1.165, 1.54) is 0 Å². The molecule has 0 fully saturated rings. The van der Waals surface area contributed by atoms with Gasteiger partial charge in [0, 0.05) is 36.3 Å². The standard InChI is InChI=1S/C30H37ClN4O3S/c1-19-10-7-13-23(20(19)2)35-29-26(28(33-35)30(3,4)5)27(21-11-8-12-22(31)16-21)39-18-25(37)34(29)17-24(36)32-14-9-15-38-6/h7-8,10-13,16,27H,9,14-15,17-18H2,1-6H3,(H,32,36). The van der Waals surface area contributed by atoms with Gasteiger partial charge in [0.1, 0.15) is 12.4 Å². The van der Waals surface area contributed by atoms with Crippen molar-refractivity contribution < 1.29 is 14.3 Å². The second-order valence-electron chi connectivity index (χ2n) is 10.9. The Balaban J connectivity index is 1.95. The molecule has 0 saturated carbocycles. The van der Waals surface area contributed by atoms with E-state index in [2.05, 4.69) is 46.0 Å². The van der Waals surface area contributed by atoms with Crippen molar-refractivity contribution in [2.45, 2.75) is 51.7 Å².